The maximum absolute atomic E-state index is 12.4. The van der Waals surface area contributed by atoms with Crippen molar-refractivity contribution < 1.29 is 4.79 Å². The lowest BCUT2D eigenvalue weighted by Crippen LogP contribution is -2.37. The summed E-state index contributed by atoms with van der Waals surface area (Å²) in [7, 11) is 0. The SMILES string of the molecule is O=C(NCCC1CCCCN1)c1ccc(-c2ccc(-c3nn[nH]n3)cc2)cc1. The third-order valence-corrected chi connectivity index (χ3v) is 5.16. The molecule has 1 fully saturated rings. The van der Waals surface area contributed by atoms with Crippen molar-refractivity contribution in [3.05, 3.63) is 54.1 Å². The Kier molecular flexibility index (Phi) is 5.72. The second-order valence-corrected chi connectivity index (χ2v) is 7.08. The third kappa shape index (κ3) is 4.43. The lowest BCUT2D eigenvalue weighted by Gasteiger charge is -2.23. The average molecular weight is 376 g/mol. The molecule has 7 heteroatoms. The van der Waals surface area contributed by atoms with Crippen LogP contribution < -0.4 is 10.6 Å². The summed E-state index contributed by atoms with van der Waals surface area (Å²) in [6, 6.07) is 16.2. The number of H-pyrrole nitrogens is 1. The first-order chi connectivity index (χ1) is 13.8. The van der Waals surface area contributed by atoms with Crippen LogP contribution in [0.25, 0.3) is 22.5 Å². The molecule has 0 saturated carbocycles. The molecule has 7 nitrogen and oxygen atoms in total. The molecule has 2 aromatic carbocycles. The average Bonchev–Trinajstić information content (AvgIpc) is 3.30. The summed E-state index contributed by atoms with van der Waals surface area (Å²) in [5.74, 6) is 0.553. The molecule has 0 spiro atoms. The zero-order valence-electron chi connectivity index (χ0n) is 15.7. The molecule has 1 amide bonds. The number of rotatable bonds is 6. The van der Waals surface area contributed by atoms with Gasteiger partial charge in [0.25, 0.3) is 5.91 Å². The Balaban J connectivity index is 1.33. The van der Waals surface area contributed by atoms with Gasteiger partial charge in [-0.05, 0) is 54.3 Å². The van der Waals surface area contributed by atoms with Crippen LogP contribution >= 0.6 is 0 Å². The number of piperidine rings is 1. The molecular weight excluding hydrogens is 352 g/mol. The van der Waals surface area contributed by atoms with E-state index in [-0.39, 0.29) is 5.91 Å². The van der Waals surface area contributed by atoms with Crippen LogP contribution in [0.3, 0.4) is 0 Å². The molecule has 1 aliphatic rings. The zero-order chi connectivity index (χ0) is 19.2. The van der Waals surface area contributed by atoms with E-state index < -0.39 is 0 Å². The molecule has 144 valence electrons. The third-order valence-electron chi connectivity index (χ3n) is 5.16. The summed E-state index contributed by atoms with van der Waals surface area (Å²) in [5.41, 5.74) is 3.72. The number of aromatic amines is 1. The lowest BCUT2D eigenvalue weighted by molar-refractivity contribution is 0.0951. The van der Waals surface area contributed by atoms with Crippen molar-refractivity contribution in [2.75, 3.05) is 13.1 Å². The molecule has 3 N–H and O–H groups in total. The smallest absolute Gasteiger partial charge is 0.251 e. The Labute approximate surface area is 163 Å². The highest BCUT2D eigenvalue weighted by Gasteiger charge is 2.13. The van der Waals surface area contributed by atoms with Gasteiger partial charge >= 0.3 is 0 Å². The van der Waals surface area contributed by atoms with Crippen LogP contribution in [0.4, 0.5) is 0 Å². The first kappa shape index (κ1) is 18.3. The maximum atomic E-state index is 12.4. The van der Waals surface area contributed by atoms with Crippen LogP contribution in [0.15, 0.2) is 48.5 Å². The summed E-state index contributed by atoms with van der Waals surface area (Å²) in [4.78, 5) is 12.4. The number of tetrazole rings is 1. The molecule has 1 aliphatic heterocycles. The number of nitrogens with one attached hydrogen (secondary N) is 3. The minimum absolute atomic E-state index is 0.0187. The molecule has 0 bridgehead atoms. The van der Waals surface area contributed by atoms with Gasteiger partial charge in [-0.15, -0.1) is 10.2 Å². The van der Waals surface area contributed by atoms with Crippen LogP contribution in [0, 0.1) is 0 Å². The summed E-state index contributed by atoms with van der Waals surface area (Å²) in [6.07, 6.45) is 4.73. The van der Waals surface area contributed by atoms with Gasteiger partial charge in [0.15, 0.2) is 0 Å². The molecule has 0 radical (unpaired) electrons. The molecule has 3 aromatic rings. The van der Waals surface area contributed by atoms with Gasteiger partial charge in [-0.3, -0.25) is 4.79 Å². The number of hydrogen-bond acceptors (Lipinski definition) is 5. The quantitative estimate of drug-likeness (QED) is 0.615. The van der Waals surface area contributed by atoms with Crippen LogP contribution in [-0.2, 0) is 0 Å². The Morgan fingerprint density at radius 2 is 1.71 bits per heavy atom. The topological polar surface area (TPSA) is 95.6 Å². The first-order valence-corrected chi connectivity index (χ1v) is 9.75. The van der Waals surface area contributed by atoms with E-state index in [4.69, 9.17) is 0 Å². The highest BCUT2D eigenvalue weighted by atomic mass is 16.1. The van der Waals surface area contributed by atoms with Gasteiger partial charge in [-0.25, -0.2) is 0 Å². The van der Waals surface area contributed by atoms with E-state index in [0.29, 0.717) is 24.0 Å². The fourth-order valence-corrected chi connectivity index (χ4v) is 3.54. The van der Waals surface area contributed by atoms with Crippen LogP contribution in [0.1, 0.15) is 36.0 Å². The van der Waals surface area contributed by atoms with Gasteiger partial charge in [0.1, 0.15) is 0 Å². The molecule has 1 saturated heterocycles. The number of amides is 1. The largest absolute Gasteiger partial charge is 0.352 e. The Hall–Kier alpha value is -3.06. The van der Waals surface area contributed by atoms with Gasteiger partial charge < -0.3 is 10.6 Å². The number of hydrogen-bond donors (Lipinski definition) is 3. The molecular formula is C21H24N6O. The predicted molar refractivity (Wildman–Crippen MR) is 108 cm³/mol. The fraction of sp³-hybridized carbons (Fsp3) is 0.333. The minimum Gasteiger partial charge on any atom is -0.352 e. The van der Waals surface area contributed by atoms with Gasteiger partial charge in [-0.1, -0.05) is 42.8 Å². The van der Waals surface area contributed by atoms with E-state index >= 15 is 0 Å². The summed E-state index contributed by atoms with van der Waals surface area (Å²) in [5, 5.41) is 20.5. The van der Waals surface area contributed by atoms with Crippen LogP contribution in [0.5, 0.6) is 0 Å². The summed E-state index contributed by atoms with van der Waals surface area (Å²) in [6.45, 7) is 1.80. The van der Waals surface area contributed by atoms with E-state index in [1.165, 1.54) is 19.3 Å². The Morgan fingerprint density at radius 3 is 2.36 bits per heavy atom. The van der Waals surface area contributed by atoms with Crippen molar-refractivity contribution in [1.29, 1.82) is 0 Å². The molecule has 1 aromatic heterocycles. The number of carbonyl (C=O) groups excluding carboxylic acids is 1. The van der Waals surface area contributed by atoms with E-state index in [2.05, 4.69) is 31.3 Å². The second-order valence-electron chi connectivity index (χ2n) is 7.08. The van der Waals surface area contributed by atoms with Crippen molar-refractivity contribution in [3.8, 4) is 22.5 Å². The van der Waals surface area contributed by atoms with Crippen LogP contribution in [0.2, 0.25) is 0 Å². The number of aromatic nitrogens is 4. The van der Waals surface area contributed by atoms with E-state index in [1.54, 1.807) is 0 Å². The summed E-state index contributed by atoms with van der Waals surface area (Å²) >= 11 is 0. The van der Waals surface area contributed by atoms with E-state index in [1.807, 2.05) is 48.5 Å². The monoisotopic (exact) mass is 376 g/mol. The second kappa shape index (κ2) is 8.75. The molecule has 2 heterocycles. The van der Waals surface area contributed by atoms with Crippen molar-refractivity contribution >= 4 is 5.91 Å². The molecule has 0 aliphatic carbocycles. The molecule has 28 heavy (non-hydrogen) atoms. The number of carbonyl (C=O) groups is 1. The molecule has 4 rings (SSSR count). The van der Waals surface area contributed by atoms with Gasteiger partial charge in [0.05, 0.1) is 0 Å². The van der Waals surface area contributed by atoms with Crippen LogP contribution in [-0.4, -0.2) is 45.7 Å². The Morgan fingerprint density at radius 1 is 1.00 bits per heavy atom. The molecule has 1 atom stereocenters. The van der Waals surface area contributed by atoms with Gasteiger partial charge in [0.2, 0.25) is 5.82 Å². The summed E-state index contributed by atoms with van der Waals surface area (Å²) < 4.78 is 0. The normalized spacial score (nSPS) is 16.6. The zero-order valence-corrected chi connectivity index (χ0v) is 15.7. The first-order valence-electron chi connectivity index (χ1n) is 9.75. The maximum Gasteiger partial charge on any atom is 0.251 e. The van der Waals surface area contributed by atoms with Crippen molar-refractivity contribution in [1.82, 2.24) is 31.3 Å². The van der Waals surface area contributed by atoms with Gasteiger partial charge in [0, 0.05) is 23.7 Å². The highest BCUT2D eigenvalue weighted by molar-refractivity contribution is 5.94. The minimum atomic E-state index is -0.0187. The lowest BCUT2D eigenvalue weighted by atomic mass is 10.0. The van der Waals surface area contributed by atoms with Crippen molar-refractivity contribution in [2.45, 2.75) is 31.7 Å². The fourth-order valence-electron chi connectivity index (χ4n) is 3.54. The standard InChI is InChI=1S/C21H24N6O/c28-21(23-14-12-19-3-1-2-13-22-19)18-10-6-16(7-11-18)15-4-8-17(9-5-15)20-24-26-27-25-20/h4-11,19,22H,1-3,12-14H2,(H,23,28)(H,24,25,26,27). The molecule has 1 unspecified atom stereocenters. The van der Waals surface area contributed by atoms with E-state index in [9.17, 15) is 4.79 Å². The number of benzene rings is 2. The van der Waals surface area contributed by atoms with Crippen molar-refractivity contribution in [2.24, 2.45) is 0 Å². The van der Waals surface area contributed by atoms with E-state index in [0.717, 1.165) is 29.7 Å². The number of nitrogens with zero attached hydrogens (tertiary/aromatic N) is 3. The van der Waals surface area contributed by atoms with Gasteiger partial charge in [-0.2, -0.15) is 5.21 Å². The Bertz CT molecular complexity index is 884. The predicted octanol–water partition coefficient (Wildman–Crippen LogP) is 2.80. The van der Waals surface area contributed by atoms with Crippen molar-refractivity contribution in [3.63, 3.8) is 0 Å². The highest BCUT2D eigenvalue weighted by Crippen LogP contribution is 2.23.